The van der Waals surface area contributed by atoms with Gasteiger partial charge in [-0.3, -0.25) is 9.48 Å². The fourth-order valence-corrected chi connectivity index (χ4v) is 1.59. The van der Waals surface area contributed by atoms with Gasteiger partial charge in [0.25, 0.3) is 5.91 Å². The summed E-state index contributed by atoms with van der Waals surface area (Å²) in [6.45, 7) is 4.70. The fraction of sp³-hybridized carbons (Fsp3) is 0.455. The number of nitrogens with one attached hydrogen (secondary N) is 1. The molecule has 2 heterocycles. The van der Waals surface area contributed by atoms with Gasteiger partial charge in [0.15, 0.2) is 11.5 Å². The van der Waals surface area contributed by atoms with Gasteiger partial charge in [-0.2, -0.15) is 10.1 Å². The Morgan fingerprint density at radius 2 is 2.37 bits per heavy atom. The summed E-state index contributed by atoms with van der Waals surface area (Å²) in [4.78, 5) is 15.9. The van der Waals surface area contributed by atoms with E-state index in [-0.39, 0.29) is 11.6 Å². The van der Waals surface area contributed by atoms with Crippen molar-refractivity contribution in [3.63, 3.8) is 0 Å². The van der Waals surface area contributed by atoms with Crippen molar-refractivity contribution < 1.29 is 9.32 Å². The van der Waals surface area contributed by atoms with Crippen LogP contribution in [0.2, 0.25) is 0 Å². The number of anilines is 1. The molecule has 0 spiro atoms. The summed E-state index contributed by atoms with van der Waals surface area (Å²) in [5.74, 6) is 0.766. The van der Waals surface area contributed by atoms with Crippen LogP contribution < -0.4 is 11.1 Å². The lowest BCUT2D eigenvalue weighted by Crippen LogP contribution is -2.27. The maximum atomic E-state index is 11.9. The Morgan fingerprint density at radius 3 is 2.95 bits per heavy atom. The molecule has 0 saturated carbocycles. The molecule has 0 bridgehead atoms. The molecule has 0 aliphatic carbocycles. The van der Waals surface area contributed by atoms with Crippen LogP contribution in [0.15, 0.2) is 10.7 Å². The molecule has 19 heavy (non-hydrogen) atoms. The van der Waals surface area contributed by atoms with Gasteiger partial charge in [-0.25, -0.2) is 0 Å². The van der Waals surface area contributed by atoms with Crippen LogP contribution in [0, 0.1) is 6.92 Å². The summed E-state index contributed by atoms with van der Waals surface area (Å²) in [6, 6.07) is 0. The smallest absolute Gasteiger partial charge is 0.273 e. The molecule has 8 nitrogen and oxygen atoms in total. The van der Waals surface area contributed by atoms with Gasteiger partial charge in [-0.05, 0) is 6.92 Å². The van der Waals surface area contributed by atoms with Crippen molar-refractivity contribution >= 4 is 11.6 Å². The van der Waals surface area contributed by atoms with Gasteiger partial charge in [0, 0.05) is 32.6 Å². The number of hydrogen-bond donors (Lipinski definition) is 2. The van der Waals surface area contributed by atoms with Gasteiger partial charge in [-0.1, -0.05) is 5.16 Å². The first-order valence-corrected chi connectivity index (χ1v) is 6.00. The third-order valence-corrected chi connectivity index (χ3v) is 2.53. The highest BCUT2D eigenvalue weighted by atomic mass is 16.5. The second-order valence-corrected chi connectivity index (χ2v) is 4.02. The van der Waals surface area contributed by atoms with E-state index >= 15 is 0 Å². The van der Waals surface area contributed by atoms with Gasteiger partial charge in [0.1, 0.15) is 0 Å². The van der Waals surface area contributed by atoms with E-state index in [2.05, 4.69) is 20.6 Å². The number of hydrogen-bond acceptors (Lipinski definition) is 6. The standard InChI is InChI=1S/C11H16N6O2/c1-3-17-6-8(12)10(15-17)11(18)13-5-4-9-14-7(2)19-16-9/h6H,3-5,12H2,1-2H3,(H,13,18). The summed E-state index contributed by atoms with van der Waals surface area (Å²) in [6.07, 6.45) is 2.13. The highest BCUT2D eigenvalue weighted by Crippen LogP contribution is 2.08. The first-order valence-electron chi connectivity index (χ1n) is 6.00. The monoisotopic (exact) mass is 264 g/mol. The molecule has 8 heteroatoms. The molecule has 0 aliphatic rings. The number of nitrogen functional groups attached to an aromatic ring is 1. The third kappa shape index (κ3) is 3.09. The van der Waals surface area contributed by atoms with E-state index < -0.39 is 0 Å². The number of amides is 1. The minimum Gasteiger partial charge on any atom is -0.396 e. The van der Waals surface area contributed by atoms with Crippen molar-refractivity contribution in [2.75, 3.05) is 12.3 Å². The highest BCUT2D eigenvalue weighted by molar-refractivity contribution is 5.96. The number of nitrogens with two attached hydrogens (primary N) is 1. The van der Waals surface area contributed by atoms with Crippen LogP contribution in [0.1, 0.15) is 29.1 Å². The van der Waals surface area contributed by atoms with Gasteiger partial charge in [-0.15, -0.1) is 0 Å². The molecule has 1 amide bonds. The molecule has 102 valence electrons. The van der Waals surface area contributed by atoms with Crippen molar-refractivity contribution in [2.45, 2.75) is 26.8 Å². The molecule has 2 rings (SSSR count). The average Bonchev–Trinajstić information content (AvgIpc) is 2.95. The Labute approximate surface area is 110 Å². The van der Waals surface area contributed by atoms with Crippen LogP contribution in [0.5, 0.6) is 0 Å². The number of carbonyl (C=O) groups excluding carboxylic acids is 1. The molecule has 0 aromatic carbocycles. The van der Waals surface area contributed by atoms with E-state index in [1.54, 1.807) is 17.8 Å². The normalized spacial score (nSPS) is 10.6. The quantitative estimate of drug-likeness (QED) is 0.795. The fourth-order valence-electron chi connectivity index (χ4n) is 1.59. The lowest BCUT2D eigenvalue weighted by atomic mass is 10.3. The average molecular weight is 264 g/mol. The second kappa shape index (κ2) is 5.51. The Kier molecular flexibility index (Phi) is 3.79. The van der Waals surface area contributed by atoms with Gasteiger partial charge in [0.05, 0.1) is 5.69 Å². The predicted molar refractivity (Wildman–Crippen MR) is 67.4 cm³/mol. The predicted octanol–water partition coefficient (Wildman–Crippen LogP) is 0.149. The molecular weight excluding hydrogens is 248 g/mol. The largest absolute Gasteiger partial charge is 0.396 e. The van der Waals surface area contributed by atoms with E-state index in [1.165, 1.54) is 0 Å². The lowest BCUT2D eigenvalue weighted by molar-refractivity contribution is 0.0949. The van der Waals surface area contributed by atoms with Crippen LogP contribution in [0.25, 0.3) is 0 Å². The Balaban J connectivity index is 1.88. The van der Waals surface area contributed by atoms with Crippen LogP contribution >= 0.6 is 0 Å². The number of nitrogens with zero attached hydrogens (tertiary/aromatic N) is 4. The Morgan fingerprint density at radius 1 is 1.58 bits per heavy atom. The van der Waals surface area contributed by atoms with Crippen LogP contribution in [-0.2, 0) is 13.0 Å². The van der Waals surface area contributed by atoms with Gasteiger partial charge < -0.3 is 15.6 Å². The molecular formula is C11H16N6O2. The molecule has 2 aromatic heterocycles. The zero-order valence-electron chi connectivity index (χ0n) is 10.9. The summed E-state index contributed by atoms with van der Waals surface area (Å²) >= 11 is 0. The molecule has 0 aliphatic heterocycles. The maximum Gasteiger partial charge on any atom is 0.273 e. The first kappa shape index (κ1) is 13.1. The molecule has 2 aromatic rings. The molecule has 0 atom stereocenters. The third-order valence-electron chi connectivity index (χ3n) is 2.53. The van der Waals surface area contributed by atoms with Crippen LogP contribution in [-0.4, -0.2) is 32.4 Å². The summed E-state index contributed by atoms with van der Waals surface area (Å²) in [7, 11) is 0. The van der Waals surface area contributed by atoms with E-state index in [4.69, 9.17) is 10.3 Å². The molecule has 0 saturated heterocycles. The van der Waals surface area contributed by atoms with Crippen molar-refractivity contribution in [2.24, 2.45) is 0 Å². The first-order chi connectivity index (χ1) is 9.10. The van der Waals surface area contributed by atoms with E-state index in [1.807, 2.05) is 6.92 Å². The van der Waals surface area contributed by atoms with Gasteiger partial charge in [0.2, 0.25) is 5.89 Å². The second-order valence-electron chi connectivity index (χ2n) is 4.02. The summed E-state index contributed by atoms with van der Waals surface area (Å²) in [5, 5.41) is 10.5. The lowest BCUT2D eigenvalue weighted by Gasteiger charge is -2.01. The highest BCUT2D eigenvalue weighted by Gasteiger charge is 2.14. The number of carbonyl (C=O) groups is 1. The zero-order valence-corrected chi connectivity index (χ0v) is 10.9. The minimum absolute atomic E-state index is 0.242. The maximum absolute atomic E-state index is 11.9. The van der Waals surface area contributed by atoms with E-state index in [0.29, 0.717) is 36.9 Å². The number of aromatic nitrogens is 4. The SMILES string of the molecule is CCn1cc(N)c(C(=O)NCCc2noc(C)n2)n1. The van der Waals surface area contributed by atoms with E-state index in [9.17, 15) is 4.79 Å². The Bertz CT molecular complexity index is 574. The summed E-state index contributed by atoms with van der Waals surface area (Å²) < 4.78 is 6.45. The zero-order chi connectivity index (χ0) is 13.8. The number of aryl methyl sites for hydroxylation is 2. The Hall–Kier alpha value is -2.38. The molecule has 0 fully saturated rings. The van der Waals surface area contributed by atoms with E-state index in [0.717, 1.165) is 0 Å². The van der Waals surface area contributed by atoms with Gasteiger partial charge >= 0.3 is 0 Å². The molecule has 0 radical (unpaired) electrons. The topological polar surface area (TPSA) is 112 Å². The van der Waals surface area contributed by atoms with Crippen molar-refractivity contribution in [1.29, 1.82) is 0 Å². The molecule has 3 N–H and O–H groups in total. The molecule has 0 unspecified atom stereocenters. The minimum atomic E-state index is -0.301. The van der Waals surface area contributed by atoms with Crippen LogP contribution in [0.3, 0.4) is 0 Å². The summed E-state index contributed by atoms with van der Waals surface area (Å²) in [5.41, 5.74) is 6.33. The van der Waals surface area contributed by atoms with Crippen LogP contribution in [0.4, 0.5) is 5.69 Å². The van der Waals surface area contributed by atoms with Crippen molar-refractivity contribution in [1.82, 2.24) is 25.2 Å². The van der Waals surface area contributed by atoms with Crippen molar-refractivity contribution in [3.05, 3.63) is 23.6 Å². The van der Waals surface area contributed by atoms with Crippen molar-refractivity contribution in [3.8, 4) is 0 Å². The number of rotatable bonds is 5.